The summed E-state index contributed by atoms with van der Waals surface area (Å²) in [7, 11) is 0. The predicted octanol–water partition coefficient (Wildman–Crippen LogP) is 2.97. The maximum atomic E-state index is 12.0. The molecule has 0 aliphatic carbocycles. The molecule has 0 unspecified atom stereocenters. The van der Waals surface area contributed by atoms with Gasteiger partial charge in [0.2, 0.25) is 0 Å². The van der Waals surface area contributed by atoms with Crippen LogP contribution in [0, 0.1) is 0 Å². The van der Waals surface area contributed by atoms with Crippen LogP contribution in [0.3, 0.4) is 0 Å². The van der Waals surface area contributed by atoms with Gasteiger partial charge < -0.3 is 4.42 Å². The molecule has 2 aromatic heterocycles. The summed E-state index contributed by atoms with van der Waals surface area (Å²) in [6.45, 7) is 0. The number of aromatic nitrogens is 2. The maximum absolute atomic E-state index is 12.0. The zero-order chi connectivity index (χ0) is 13.2. The molecule has 1 aromatic carbocycles. The van der Waals surface area contributed by atoms with Gasteiger partial charge in [-0.1, -0.05) is 42.1 Å². The van der Waals surface area contributed by atoms with E-state index in [1.54, 1.807) is 12.3 Å². The van der Waals surface area contributed by atoms with Gasteiger partial charge in [-0.15, -0.1) is 0 Å². The van der Waals surface area contributed by atoms with Crippen LogP contribution in [0.15, 0.2) is 57.0 Å². The molecule has 2 heterocycles. The number of thioether (sulfide) groups is 1. The highest BCUT2D eigenvalue weighted by Gasteiger charge is 2.08. The Balaban J connectivity index is 2.23. The molecule has 0 saturated carbocycles. The molecule has 3 rings (SSSR count). The Bertz CT molecular complexity index is 784. The van der Waals surface area contributed by atoms with Gasteiger partial charge in [-0.05, 0) is 12.3 Å². The van der Waals surface area contributed by atoms with Crippen molar-refractivity contribution in [1.29, 1.82) is 0 Å². The highest BCUT2D eigenvalue weighted by Crippen LogP contribution is 2.21. The minimum Gasteiger partial charge on any atom is -0.421 e. The van der Waals surface area contributed by atoms with E-state index in [-0.39, 0.29) is 0 Å². The van der Waals surface area contributed by atoms with E-state index in [9.17, 15) is 4.79 Å². The summed E-state index contributed by atoms with van der Waals surface area (Å²) >= 11 is 1.39. The quantitative estimate of drug-likeness (QED) is 0.529. The Morgan fingerprint density at radius 2 is 2.00 bits per heavy atom. The van der Waals surface area contributed by atoms with Crippen LogP contribution >= 0.6 is 11.8 Å². The second-order valence-electron chi connectivity index (χ2n) is 3.92. The molecule has 4 nitrogen and oxygen atoms in total. The van der Waals surface area contributed by atoms with Crippen LogP contribution in [-0.4, -0.2) is 16.2 Å². The Kier molecular flexibility index (Phi) is 3.05. The lowest BCUT2D eigenvalue weighted by molar-refractivity contribution is 0.532. The van der Waals surface area contributed by atoms with E-state index in [0.717, 1.165) is 5.56 Å². The fourth-order valence-corrected chi connectivity index (χ4v) is 2.15. The first-order valence-corrected chi connectivity index (χ1v) is 6.91. The van der Waals surface area contributed by atoms with Crippen molar-refractivity contribution >= 4 is 22.7 Å². The van der Waals surface area contributed by atoms with E-state index in [0.29, 0.717) is 21.8 Å². The van der Waals surface area contributed by atoms with Crippen molar-refractivity contribution in [2.75, 3.05) is 6.26 Å². The minimum absolute atomic E-state index is 0.319. The molecule has 3 aromatic rings. The van der Waals surface area contributed by atoms with Crippen LogP contribution in [0.1, 0.15) is 0 Å². The van der Waals surface area contributed by atoms with E-state index < -0.39 is 5.63 Å². The SMILES string of the molecule is CSc1ncc2cc(-c3ccccc3)oc(=O)c2n1. The van der Waals surface area contributed by atoms with Crippen LogP contribution in [0.4, 0.5) is 0 Å². The van der Waals surface area contributed by atoms with Gasteiger partial charge in [-0.3, -0.25) is 0 Å². The largest absolute Gasteiger partial charge is 0.421 e. The van der Waals surface area contributed by atoms with E-state index in [1.807, 2.05) is 36.6 Å². The summed E-state index contributed by atoms with van der Waals surface area (Å²) in [5.74, 6) is 0.526. The first-order valence-electron chi connectivity index (χ1n) is 5.68. The van der Waals surface area contributed by atoms with Gasteiger partial charge >= 0.3 is 5.63 Å². The predicted molar refractivity (Wildman–Crippen MR) is 75.3 cm³/mol. The third kappa shape index (κ3) is 2.24. The molecule has 0 atom stereocenters. The summed E-state index contributed by atoms with van der Waals surface area (Å²) in [6, 6.07) is 11.3. The molecule has 94 valence electrons. The number of rotatable bonds is 2. The van der Waals surface area contributed by atoms with Crippen molar-refractivity contribution < 1.29 is 4.42 Å². The maximum Gasteiger partial charge on any atom is 0.363 e. The summed E-state index contributed by atoms with van der Waals surface area (Å²) < 4.78 is 5.32. The summed E-state index contributed by atoms with van der Waals surface area (Å²) in [4.78, 5) is 20.3. The first kappa shape index (κ1) is 11.9. The van der Waals surface area contributed by atoms with E-state index in [4.69, 9.17) is 4.42 Å². The molecular formula is C14H10N2O2S. The van der Waals surface area contributed by atoms with E-state index in [2.05, 4.69) is 9.97 Å². The zero-order valence-corrected chi connectivity index (χ0v) is 11.0. The number of hydrogen-bond acceptors (Lipinski definition) is 5. The second-order valence-corrected chi connectivity index (χ2v) is 4.70. The Morgan fingerprint density at radius 3 is 2.74 bits per heavy atom. The van der Waals surface area contributed by atoms with Crippen molar-refractivity contribution in [3.05, 3.63) is 53.0 Å². The van der Waals surface area contributed by atoms with Gasteiger partial charge in [-0.2, -0.15) is 0 Å². The van der Waals surface area contributed by atoms with E-state index in [1.165, 1.54) is 11.8 Å². The zero-order valence-electron chi connectivity index (χ0n) is 10.2. The lowest BCUT2D eigenvalue weighted by Gasteiger charge is -2.02. The summed E-state index contributed by atoms with van der Waals surface area (Å²) in [6.07, 6.45) is 3.51. The molecule has 19 heavy (non-hydrogen) atoms. The van der Waals surface area contributed by atoms with Crippen LogP contribution in [0.2, 0.25) is 0 Å². The van der Waals surface area contributed by atoms with Crippen molar-refractivity contribution in [3.8, 4) is 11.3 Å². The molecule has 0 saturated heterocycles. The molecule has 0 aliphatic heterocycles. The molecule has 0 amide bonds. The highest BCUT2D eigenvalue weighted by molar-refractivity contribution is 7.98. The third-order valence-corrected chi connectivity index (χ3v) is 3.28. The summed E-state index contributed by atoms with van der Waals surface area (Å²) in [5.41, 5.74) is 0.739. The molecule has 5 heteroatoms. The van der Waals surface area contributed by atoms with Gasteiger partial charge in [-0.25, -0.2) is 14.8 Å². The molecular weight excluding hydrogens is 260 g/mol. The fourth-order valence-electron chi connectivity index (χ4n) is 1.81. The Hall–Kier alpha value is -2.14. The third-order valence-electron chi connectivity index (χ3n) is 2.72. The van der Waals surface area contributed by atoms with Crippen molar-refractivity contribution in [1.82, 2.24) is 9.97 Å². The van der Waals surface area contributed by atoms with Crippen molar-refractivity contribution in [3.63, 3.8) is 0 Å². The van der Waals surface area contributed by atoms with Crippen molar-refractivity contribution in [2.24, 2.45) is 0 Å². The smallest absolute Gasteiger partial charge is 0.363 e. The van der Waals surface area contributed by atoms with Crippen LogP contribution < -0.4 is 5.63 Å². The standard InChI is InChI=1S/C14H10N2O2S/c1-19-14-15-8-10-7-11(9-5-3-2-4-6-9)18-13(17)12(10)16-14/h2-8H,1H3. The monoisotopic (exact) mass is 270 g/mol. The van der Waals surface area contributed by atoms with Gasteiger partial charge in [0.1, 0.15) is 5.76 Å². The average Bonchev–Trinajstić information content (AvgIpc) is 2.48. The van der Waals surface area contributed by atoms with Gasteiger partial charge in [0.25, 0.3) is 0 Å². The molecule has 0 bridgehead atoms. The fraction of sp³-hybridized carbons (Fsp3) is 0.0714. The van der Waals surface area contributed by atoms with Gasteiger partial charge in [0.05, 0.1) is 0 Å². The van der Waals surface area contributed by atoms with Gasteiger partial charge in [0, 0.05) is 17.1 Å². The Morgan fingerprint density at radius 1 is 1.21 bits per heavy atom. The highest BCUT2D eigenvalue weighted by atomic mass is 32.2. The van der Waals surface area contributed by atoms with Crippen LogP contribution in [0.25, 0.3) is 22.2 Å². The number of hydrogen-bond donors (Lipinski definition) is 0. The molecule has 0 radical (unpaired) electrons. The topological polar surface area (TPSA) is 56.0 Å². The lowest BCUT2D eigenvalue weighted by Crippen LogP contribution is -2.04. The van der Waals surface area contributed by atoms with Gasteiger partial charge in [0.15, 0.2) is 10.7 Å². The molecule has 0 spiro atoms. The summed E-state index contributed by atoms with van der Waals surface area (Å²) in [5, 5.41) is 1.25. The first-order chi connectivity index (χ1) is 9.28. The molecule has 0 fully saturated rings. The molecule has 0 N–H and O–H groups in total. The molecule has 0 aliphatic rings. The van der Waals surface area contributed by atoms with E-state index >= 15 is 0 Å². The number of nitrogens with zero attached hydrogens (tertiary/aromatic N) is 2. The normalized spacial score (nSPS) is 10.8. The van der Waals surface area contributed by atoms with Crippen LogP contribution in [-0.2, 0) is 0 Å². The number of fused-ring (bicyclic) bond motifs is 1. The van der Waals surface area contributed by atoms with Crippen molar-refractivity contribution in [2.45, 2.75) is 5.16 Å². The average molecular weight is 270 g/mol. The minimum atomic E-state index is -0.436. The van der Waals surface area contributed by atoms with Crippen LogP contribution in [0.5, 0.6) is 0 Å². The second kappa shape index (κ2) is 4.85. The Labute approximate surface area is 113 Å². The number of benzene rings is 1. The lowest BCUT2D eigenvalue weighted by atomic mass is 10.1.